The average Bonchev–Trinajstić information content (AvgIpc) is 2.87. The predicted octanol–water partition coefficient (Wildman–Crippen LogP) is 2.11. The van der Waals surface area contributed by atoms with E-state index in [-0.39, 0.29) is 0 Å². The molecule has 0 unspecified atom stereocenters. The van der Waals surface area contributed by atoms with E-state index in [4.69, 9.17) is 0 Å². The molecule has 0 atom stereocenters. The topological polar surface area (TPSA) is 55.1 Å². The molecule has 3 heterocycles. The summed E-state index contributed by atoms with van der Waals surface area (Å²) in [5.41, 5.74) is 6.23. The molecule has 5 nitrogen and oxygen atoms in total. The monoisotopic (exact) mass is 241 g/mol. The van der Waals surface area contributed by atoms with E-state index in [1.807, 2.05) is 26.0 Å². The van der Waals surface area contributed by atoms with Crippen molar-refractivity contribution in [2.24, 2.45) is 5.10 Å². The molecule has 5 heteroatoms. The number of hydrazone groups is 1. The number of hydrogen-bond acceptors (Lipinski definition) is 4. The van der Waals surface area contributed by atoms with E-state index in [9.17, 15) is 0 Å². The lowest BCUT2D eigenvalue weighted by Gasteiger charge is -2.03. The van der Waals surface area contributed by atoms with Crippen LogP contribution in [-0.2, 0) is 6.54 Å². The maximum absolute atomic E-state index is 4.44. The highest BCUT2D eigenvalue weighted by atomic mass is 15.3. The summed E-state index contributed by atoms with van der Waals surface area (Å²) in [6.45, 7) is 4.84. The van der Waals surface area contributed by atoms with E-state index >= 15 is 0 Å². The molecule has 92 valence electrons. The van der Waals surface area contributed by atoms with E-state index in [1.54, 1.807) is 0 Å². The largest absolute Gasteiger partial charge is 0.346 e. The van der Waals surface area contributed by atoms with Gasteiger partial charge < -0.3 is 4.57 Å². The van der Waals surface area contributed by atoms with Crippen LogP contribution in [0.15, 0.2) is 29.5 Å². The second-order valence-corrected chi connectivity index (χ2v) is 4.45. The molecule has 1 N–H and O–H groups in total. The number of hydrogen-bond donors (Lipinski definition) is 1. The Morgan fingerprint density at radius 1 is 1.33 bits per heavy atom. The lowest BCUT2D eigenvalue weighted by molar-refractivity contribution is 0.771. The van der Waals surface area contributed by atoms with Crippen molar-refractivity contribution in [2.75, 3.05) is 5.43 Å². The molecule has 3 rings (SSSR count). The van der Waals surface area contributed by atoms with Gasteiger partial charge in [-0.3, -0.25) is 5.43 Å². The summed E-state index contributed by atoms with van der Waals surface area (Å²) in [7, 11) is 0. The van der Waals surface area contributed by atoms with Crippen LogP contribution < -0.4 is 5.43 Å². The minimum Gasteiger partial charge on any atom is -0.346 e. The number of anilines is 1. The van der Waals surface area contributed by atoms with Gasteiger partial charge >= 0.3 is 0 Å². The lowest BCUT2D eigenvalue weighted by atomic mass is 10.2. The van der Waals surface area contributed by atoms with Gasteiger partial charge in [-0.05, 0) is 26.0 Å². The first-order valence-electron chi connectivity index (χ1n) is 6.03. The van der Waals surface area contributed by atoms with Crippen LogP contribution in [0.1, 0.15) is 23.6 Å². The summed E-state index contributed by atoms with van der Waals surface area (Å²) in [5, 5.41) is 4.44. The summed E-state index contributed by atoms with van der Waals surface area (Å²) in [6.07, 6.45) is 3.04. The van der Waals surface area contributed by atoms with Crippen LogP contribution in [0.3, 0.4) is 0 Å². The smallest absolute Gasteiger partial charge is 0.150 e. The Labute approximate surface area is 106 Å². The van der Waals surface area contributed by atoms with E-state index in [2.05, 4.69) is 37.3 Å². The Bertz CT molecular complexity index is 591. The van der Waals surface area contributed by atoms with Gasteiger partial charge in [-0.15, -0.1) is 0 Å². The zero-order valence-corrected chi connectivity index (χ0v) is 10.5. The van der Waals surface area contributed by atoms with E-state index in [1.165, 1.54) is 5.69 Å². The molecular weight excluding hydrogens is 226 g/mol. The fourth-order valence-corrected chi connectivity index (χ4v) is 2.24. The van der Waals surface area contributed by atoms with Crippen molar-refractivity contribution in [3.63, 3.8) is 0 Å². The van der Waals surface area contributed by atoms with Crippen molar-refractivity contribution >= 4 is 11.5 Å². The molecule has 1 aliphatic rings. The molecule has 0 aromatic carbocycles. The Kier molecular flexibility index (Phi) is 2.59. The van der Waals surface area contributed by atoms with Crippen molar-refractivity contribution in [3.05, 3.63) is 41.6 Å². The van der Waals surface area contributed by atoms with Gasteiger partial charge in [0.05, 0.1) is 11.4 Å². The average molecular weight is 241 g/mol. The lowest BCUT2D eigenvalue weighted by Crippen LogP contribution is -2.03. The number of nitrogens with zero attached hydrogens (tertiary/aromatic N) is 4. The first kappa shape index (κ1) is 11.0. The highest BCUT2D eigenvalue weighted by Crippen LogP contribution is 2.16. The molecule has 0 bridgehead atoms. The molecule has 1 aliphatic heterocycles. The minimum absolute atomic E-state index is 0.748. The first-order chi connectivity index (χ1) is 8.72. The normalized spacial score (nSPS) is 16.0. The Morgan fingerprint density at radius 2 is 2.22 bits per heavy atom. The van der Waals surface area contributed by atoms with Crippen LogP contribution in [0.2, 0.25) is 0 Å². The zero-order valence-electron chi connectivity index (χ0n) is 10.5. The quantitative estimate of drug-likeness (QED) is 0.819. The number of aryl methyl sites for hydroxylation is 3. The van der Waals surface area contributed by atoms with Gasteiger partial charge in [-0.1, -0.05) is 0 Å². The van der Waals surface area contributed by atoms with Crippen molar-refractivity contribution < 1.29 is 0 Å². The van der Waals surface area contributed by atoms with Gasteiger partial charge in [0.2, 0.25) is 0 Å². The first-order valence-corrected chi connectivity index (χ1v) is 6.03. The number of aromatic nitrogens is 3. The summed E-state index contributed by atoms with van der Waals surface area (Å²) < 4.78 is 2.21. The highest BCUT2D eigenvalue weighted by molar-refractivity contribution is 6.01. The fourth-order valence-electron chi connectivity index (χ4n) is 2.24. The van der Waals surface area contributed by atoms with Gasteiger partial charge in [-0.25, -0.2) is 9.97 Å². The molecule has 0 saturated heterocycles. The molecule has 2 aromatic heterocycles. The van der Waals surface area contributed by atoms with Crippen LogP contribution in [0.25, 0.3) is 0 Å². The second-order valence-electron chi connectivity index (χ2n) is 4.45. The highest BCUT2D eigenvalue weighted by Gasteiger charge is 2.16. The Hall–Kier alpha value is -2.17. The van der Waals surface area contributed by atoms with Crippen molar-refractivity contribution in [3.8, 4) is 0 Å². The van der Waals surface area contributed by atoms with E-state index < -0.39 is 0 Å². The molecule has 0 saturated carbocycles. The van der Waals surface area contributed by atoms with Crippen molar-refractivity contribution in [2.45, 2.75) is 26.8 Å². The standard InChI is InChI=1S/C13H15N5/c1-9-8-13(15-10(2)14-9)17-16-11-5-7-18-6-3-4-12(11)18/h3-4,6,8H,5,7H2,1-2H3,(H,14,15,17). The second kappa shape index (κ2) is 4.25. The predicted molar refractivity (Wildman–Crippen MR) is 70.7 cm³/mol. The number of rotatable bonds is 2. The maximum atomic E-state index is 4.44. The molecule has 0 aliphatic carbocycles. The summed E-state index contributed by atoms with van der Waals surface area (Å²) >= 11 is 0. The van der Waals surface area contributed by atoms with Crippen LogP contribution >= 0.6 is 0 Å². The molecule has 0 amide bonds. The van der Waals surface area contributed by atoms with Gasteiger partial charge in [0.1, 0.15) is 11.6 Å². The minimum atomic E-state index is 0.748. The van der Waals surface area contributed by atoms with Gasteiger partial charge in [0.15, 0.2) is 0 Å². The number of fused-ring (bicyclic) bond motifs is 1. The summed E-state index contributed by atoms with van der Waals surface area (Å²) in [4.78, 5) is 8.54. The third-order valence-corrected chi connectivity index (χ3v) is 2.99. The molecular formula is C13H15N5. The summed E-state index contributed by atoms with van der Waals surface area (Å²) in [5.74, 6) is 1.50. The zero-order chi connectivity index (χ0) is 12.5. The van der Waals surface area contributed by atoms with Crippen LogP contribution in [0, 0.1) is 13.8 Å². The maximum Gasteiger partial charge on any atom is 0.150 e. The van der Waals surface area contributed by atoms with E-state index in [0.29, 0.717) is 0 Å². The molecule has 0 radical (unpaired) electrons. The third-order valence-electron chi connectivity index (χ3n) is 2.99. The Morgan fingerprint density at radius 3 is 3.06 bits per heavy atom. The molecule has 2 aromatic rings. The van der Waals surface area contributed by atoms with Gasteiger partial charge in [-0.2, -0.15) is 5.10 Å². The summed E-state index contributed by atoms with van der Waals surface area (Å²) in [6, 6.07) is 6.03. The molecule has 18 heavy (non-hydrogen) atoms. The number of nitrogens with one attached hydrogen (secondary N) is 1. The van der Waals surface area contributed by atoms with E-state index in [0.717, 1.165) is 36.0 Å². The van der Waals surface area contributed by atoms with Crippen LogP contribution in [0.4, 0.5) is 5.82 Å². The van der Waals surface area contributed by atoms with Gasteiger partial charge in [0.25, 0.3) is 0 Å². The van der Waals surface area contributed by atoms with Crippen LogP contribution in [-0.4, -0.2) is 20.2 Å². The Balaban J connectivity index is 1.83. The molecule has 0 spiro atoms. The van der Waals surface area contributed by atoms with Crippen molar-refractivity contribution in [1.29, 1.82) is 0 Å². The third kappa shape index (κ3) is 1.99. The SMILES string of the molecule is Cc1cc(NN=C2CCn3cccc32)nc(C)n1. The van der Waals surface area contributed by atoms with Crippen LogP contribution in [0.5, 0.6) is 0 Å². The fraction of sp³-hybridized carbons (Fsp3) is 0.308. The molecule has 0 fully saturated rings. The van der Waals surface area contributed by atoms with Gasteiger partial charge in [0, 0.05) is 30.9 Å². The van der Waals surface area contributed by atoms with Crippen molar-refractivity contribution in [1.82, 2.24) is 14.5 Å².